The Kier molecular flexibility index (Phi) is 4.66. The summed E-state index contributed by atoms with van der Waals surface area (Å²) < 4.78 is 0. The van der Waals surface area contributed by atoms with E-state index in [1.807, 2.05) is 26.0 Å². The Morgan fingerprint density at radius 1 is 1.29 bits per heavy atom. The molecule has 0 aliphatic carbocycles. The minimum Gasteiger partial charge on any atom is -0.356 e. The fraction of sp³-hybridized carbons (Fsp3) is 0.529. The first-order valence-electron chi connectivity index (χ1n) is 7.53. The Hall–Kier alpha value is -1.84. The van der Waals surface area contributed by atoms with Gasteiger partial charge in [0.25, 0.3) is 0 Å². The molecule has 0 saturated carbocycles. The number of benzene rings is 1. The molecular formula is C17H24N2O2. The van der Waals surface area contributed by atoms with Crippen LogP contribution >= 0.6 is 0 Å². The Morgan fingerprint density at radius 2 is 1.90 bits per heavy atom. The van der Waals surface area contributed by atoms with Crippen LogP contribution in [0.2, 0.25) is 0 Å². The van der Waals surface area contributed by atoms with Crippen molar-refractivity contribution in [1.29, 1.82) is 0 Å². The summed E-state index contributed by atoms with van der Waals surface area (Å²) in [6.07, 6.45) is 0.302. The fourth-order valence-corrected chi connectivity index (χ4v) is 2.69. The summed E-state index contributed by atoms with van der Waals surface area (Å²) >= 11 is 0. The Bertz CT molecular complexity index is 531. The first-order valence-corrected chi connectivity index (χ1v) is 7.53. The summed E-state index contributed by atoms with van der Waals surface area (Å²) in [5, 5.41) is 2.92. The van der Waals surface area contributed by atoms with Gasteiger partial charge in [0.2, 0.25) is 11.8 Å². The summed E-state index contributed by atoms with van der Waals surface area (Å²) in [7, 11) is 0. The van der Waals surface area contributed by atoms with Gasteiger partial charge in [0.1, 0.15) is 0 Å². The number of anilines is 1. The van der Waals surface area contributed by atoms with Crippen molar-refractivity contribution >= 4 is 17.5 Å². The molecular weight excluding hydrogens is 264 g/mol. The van der Waals surface area contributed by atoms with Crippen LogP contribution in [0.15, 0.2) is 18.2 Å². The van der Waals surface area contributed by atoms with Crippen LogP contribution < -0.4 is 10.2 Å². The van der Waals surface area contributed by atoms with Crippen molar-refractivity contribution in [2.24, 2.45) is 11.8 Å². The maximum Gasteiger partial charge on any atom is 0.227 e. The molecule has 1 saturated heterocycles. The fourth-order valence-electron chi connectivity index (χ4n) is 2.69. The third-order valence-electron chi connectivity index (χ3n) is 3.70. The SMILES string of the molecule is Cc1cc(C)cc(N2C[C@H](C(=O)NCC(C)C)CC2=O)c1. The van der Waals surface area contributed by atoms with E-state index in [1.165, 1.54) is 0 Å². The number of rotatable bonds is 4. The second-order valence-corrected chi connectivity index (χ2v) is 6.39. The van der Waals surface area contributed by atoms with Crippen LogP contribution in [0.4, 0.5) is 5.69 Å². The molecule has 4 heteroatoms. The van der Waals surface area contributed by atoms with Crippen LogP contribution in [0, 0.1) is 25.7 Å². The molecule has 1 N–H and O–H groups in total. The molecule has 1 heterocycles. The highest BCUT2D eigenvalue weighted by Crippen LogP contribution is 2.27. The average molecular weight is 288 g/mol. The van der Waals surface area contributed by atoms with Crippen molar-refractivity contribution in [3.63, 3.8) is 0 Å². The molecule has 114 valence electrons. The monoisotopic (exact) mass is 288 g/mol. The standard InChI is InChI=1S/C17H24N2O2/c1-11(2)9-18-17(21)14-8-16(20)19(10-14)15-6-12(3)5-13(4)7-15/h5-7,11,14H,8-10H2,1-4H3,(H,18,21)/t14-/m1/s1. The molecule has 0 unspecified atom stereocenters. The maximum atomic E-state index is 12.2. The lowest BCUT2D eigenvalue weighted by atomic mass is 10.1. The number of nitrogens with one attached hydrogen (secondary N) is 1. The van der Waals surface area contributed by atoms with Gasteiger partial charge in [-0.2, -0.15) is 0 Å². The van der Waals surface area contributed by atoms with E-state index in [4.69, 9.17) is 0 Å². The number of amides is 2. The van der Waals surface area contributed by atoms with Crippen molar-refractivity contribution in [2.45, 2.75) is 34.1 Å². The lowest BCUT2D eigenvalue weighted by molar-refractivity contribution is -0.126. The maximum absolute atomic E-state index is 12.2. The highest BCUT2D eigenvalue weighted by molar-refractivity contribution is 6.00. The van der Waals surface area contributed by atoms with Gasteiger partial charge in [-0.1, -0.05) is 19.9 Å². The van der Waals surface area contributed by atoms with Crippen molar-refractivity contribution in [1.82, 2.24) is 5.32 Å². The lowest BCUT2D eigenvalue weighted by Crippen LogP contribution is -2.35. The molecule has 1 fully saturated rings. The number of hydrogen-bond donors (Lipinski definition) is 1. The van der Waals surface area contributed by atoms with Crippen molar-refractivity contribution < 1.29 is 9.59 Å². The summed E-state index contributed by atoms with van der Waals surface area (Å²) in [5.41, 5.74) is 3.16. The Labute approximate surface area is 126 Å². The molecule has 2 rings (SSSR count). The second-order valence-electron chi connectivity index (χ2n) is 6.39. The Morgan fingerprint density at radius 3 is 2.48 bits per heavy atom. The number of nitrogens with zero attached hydrogens (tertiary/aromatic N) is 1. The van der Waals surface area contributed by atoms with Crippen molar-refractivity contribution in [3.8, 4) is 0 Å². The molecule has 0 radical (unpaired) electrons. The van der Waals surface area contributed by atoms with E-state index in [0.717, 1.165) is 16.8 Å². The molecule has 2 amide bonds. The lowest BCUT2D eigenvalue weighted by Gasteiger charge is -2.18. The van der Waals surface area contributed by atoms with Crippen LogP contribution in [0.1, 0.15) is 31.4 Å². The summed E-state index contributed by atoms with van der Waals surface area (Å²) in [5.74, 6) is 0.201. The largest absolute Gasteiger partial charge is 0.356 e. The van der Waals surface area contributed by atoms with Gasteiger partial charge in [-0.3, -0.25) is 9.59 Å². The molecule has 1 aliphatic rings. The molecule has 1 aromatic carbocycles. The number of hydrogen-bond acceptors (Lipinski definition) is 2. The zero-order valence-corrected chi connectivity index (χ0v) is 13.3. The molecule has 0 bridgehead atoms. The molecule has 1 aliphatic heterocycles. The normalized spacial score (nSPS) is 18.4. The van der Waals surface area contributed by atoms with E-state index in [9.17, 15) is 9.59 Å². The number of aryl methyl sites for hydroxylation is 2. The van der Waals surface area contributed by atoms with Gasteiger partial charge >= 0.3 is 0 Å². The van der Waals surface area contributed by atoms with Gasteiger partial charge in [0.15, 0.2) is 0 Å². The van der Waals surface area contributed by atoms with E-state index < -0.39 is 0 Å². The van der Waals surface area contributed by atoms with Gasteiger partial charge < -0.3 is 10.2 Å². The van der Waals surface area contributed by atoms with Gasteiger partial charge in [-0.05, 0) is 43.0 Å². The third-order valence-corrected chi connectivity index (χ3v) is 3.70. The third kappa shape index (κ3) is 3.84. The molecule has 0 spiro atoms. The summed E-state index contributed by atoms with van der Waals surface area (Å²) in [6.45, 7) is 9.29. The van der Waals surface area contributed by atoms with Crippen LogP contribution in [-0.2, 0) is 9.59 Å². The van der Waals surface area contributed by atoms with Gasteiger partial charge in [-0.25, -0.2) is 0 Å². The number of carbonyl (C=O) groups excluding carboxylic acids is 2. The molecule has 4 nitrogen and oxygen atoms in total. The first-order chi connectivity index (χ1) is 9.86. The van der Waals surface area contributed by atoms with E-state index in [2.05, 4.69) is 25.2 Å². The predicted octanol–water partition coefficient (Wildman–Crippen LogP) is 2.43. The van der Waals surface area contributed by atoms with Gasteiger partial charge in [0, 0.05) is 25.2 Å². The quantitative estimate of drug-likeness (QED) is 0.925. The predicted molar refractivity (Wildman–Crippen MR) is 84.2 cm³/mol. The average Bonchev–Trinajstić information content (AvgIpc) is 2.77. The van der Waals surface area contributed by atoms with Crippen LogP contribution in [0.3, 0.4) is 0 Å². The minimum absolute atomic E-state index is 0.0103. The van der Waals surface area contributed by atoms with Gasteiger partial charge in [0.05, 0.1) is 5.92 Å². The van der Waals surface area contributed by atoms with Crippen molar-refractivity contribution in [2.75, 3.05) is 18.0 Å². The summed E-state index contributed by atoms with van der Waals surface area (Å²) in [6, 6.07) is 6.08. The zero-order valence-electron chi connectivity index (χ0n) is 13.3. The zero-order chi connectivity index (χ0) is 15.6. The highest BCUT2D eigenvalue weighted by Gasteiger charge is 2.35. The highest BCUT2D eigenvalue weighted by atomic mass is 16.2. The minimum atomic E-state index is -0.239. The second kappa shape index (κ2) is 6.29. The topological polar surface area (TPSA) is 49.4 Å². The first kappa shape index (κ1) is 15.5. The van der Waals surface area contributed by atoms with E-state index in [0.29, 0.717) is 25.4 Å². The van der Waals surface area contributed by atoms with Crippen LogP contribution in [0.25, 0.3) is 0 Å². The van der Waals surface area contributed by atoms with E-state index in [1.54, 1.807) is 4.90 Å². The molecule has 21 heavy (non-hydrogen) atoms. The number of carbonyl (C=O) groups is 2. The summed E-state index contributed by atoms with van der Waals surface area (Å²) in [4.78, 5) is 26.0. The molecule has 0 aromatic heterocycles. The molecule has 1 aromatic rings. The van der Waals surface area contributed by atoms with E-state index in [-0.39, 0.29) is 17.7 Å². The Balaban J connectivity index is 2.07. The van der Waals surface area contributed by atoms with E-state index >= 15 is 0 Å². The van der Waals surface area contributed by atoms with Crippen LogP contribution in [0.5, 0.6) is 0 Å². The van der Waals surface area contributed by atoms with Crippen LogP contribution in [-0.4, -0.2) is 24.9 Å². The van der Waals surface area contributed by atoms with Gasteiger partial charge in [-0.15, -0.1) is 0 Å². The smallest absolute Gasteiger partial charge is 0.227 e. The van der Waals surface area contributed by atoms with Crippen molar-refractivity contribution in [3.05, 3.63) is 29.3 Å². The molecule has 1 atom stereocenters.